The van der Waals surface area contributed by atoms with E-state index in [2.05, 4.69) is 0 Å². The maximum atomic E-state index is 13.5. The summed E-state index contributed by atoms with van der Waals surface area (Å²) in [6.45, 7) is 0. The maximum Gasteiger partial charge on any atom is 0.136 e. The van der Waals surface area contributed by atoms with E-state index < -0.39 is 6.10 Å². The van der Waals surface area contributed by atoms with E-state index >= 15 is 0 Å². The number of hydrogen-bond acceptors (Lipinski definition) is 2. The van der Waals surface area contributed by atoms with Crippen molar-refractivity contribution >= 4 is 35.0 Å². The Hall–Kier alpha value is -0.740. The first-order valence-electron chi connectivity index (χ1n) is 6.06. The van der Waals surface area contributed by atoms with Gasteiger partial charge in [-0.3, -0.25) is 0 Å². The molecule has 0 heterocycles. The van der Waals surface area contributed by atoms with Crippen LogP contribution in [-0.2, 0) is 6.42 Å². The van der Waals surface area contributed by atoms with Crippen molar-refractivity contribution in [3.8, 4) is 0 Å². The Morgan fingerprint density at radius 1 is 1.05 bits per heavy atom. The van der Waals surface area contributed by atoms with Crippen LogP contribution >= 0.6 is 35.0 Å². The minimum absolute atomic E-state index is 0.277. The second-order valence-corrected chi connectivity index (χ2v) is 6.18. The van der Waals surface area contributed by atoms with Crippen LogP contribution in [0, 0.1) is 5.82 Å². The number of aliphatic hydroxyl groups is 1. The van der Waals surface area contributed by atoms with Gasteiger partial charge in [-0.05, 0) is 29.8 Å². The molecule has 1 nitrogen and oxygen atoms in total. The summed E-state index contributed by atoms with van der Waals surface area (Å²) < 4.78 is 13.5. The molecule has 0 saturated heterocycles. The normalized spacial score (nSPS) is 12.4. The number of benzene rings is 2. The lowest BCUT2D eigenvalue weighted by atomic mass is 10.1. The van der Waals surface area contributed by atoms with Gasteiger partial charge >= 0.3 is 0 Å². The van der Waals surface area contributed by atoms with Crippen LogP contribution in [0.25, 0.3) is 0 Å². The van der Waals surface area contributed by atoms with Crippen LogP contribution in [0.4, 0.5) is 4.39 Å². The number of halogens is 3. The smallest absolute Gasteiger partial charge is 0.136 e. The summed E-state index contributed by atoms with van der Waals surface area (Å²) in [4.78, 5) is 0.525. The van der Waals surface area contributed by atoms with Gasteiger partial charge in [-0.2, -0.15) is 0 Å². The zero-order valence-corrected chi connectivity index (χ0v) is 12.9. The fraction of sp³-hybridized carbons (Fsp3) is 0.200. The minimum Gasteiger partial charge on any atom is -0.392 e. The molecule has 0 radical (unpaired) electrons. The SMILES string of the molecule is OC(CSc1ccccc1F)Cc1c(Cl)cccc1Cl. The molecule has 2 aromatic rings. The Bertz CT molecular complexity index is 572. The van der Waals surface area contributed by atoms with Crippen molar-refractivity contribution < 1.29 is 9.50 Å². The monoisotopic (exact) mass is 330 g/mol. The molecule has 0 aliphatic heterocycles. The Morgan fingerprint density at radius 3 is 2.35 bits per heavy atom. The van der Waals surface area contributed by atoms with E-state index in [0.29, 0.717) is 27.1 Å². The van der Waals surface area contributed by atoms with Gasteiger partial charge in [0.05, 0.1) is 6.10 Å². The predicted octanol–water partition coefficient (Wildman–Crippen LogP) is 4.83. The first kappa shape index (κ1) is 15.6. The van der Waals surface area contributed by atoms with Gasteiger partial charge in [0.1, 0.15) is 5.82 Å². The molecule has 0 aromatic heterocycles. The molecule has 5 heteroatoms. The molecule has 0 spiro atoms. The van der Waals surface area contributed by atoms with Crippen molar-refractivity contribution in [2.75, 3.05) is 5.75 Å². The van der Waals surface area contributed by atoms with Crippen LogP contribution in [-0.4, -0.2) is 17.0 Å². The molecule has 0 bridgehead atoms. The van der Waals surface area contributed by atoms with Crippen LogP contribution < -0.4 is 0 Å². The van der Waals surface area contributed by atoms with Crippen molar-refractivity contribution in [2.45, 2.75) is 17.4 Å². The first-order chi connectivity index (χ1) is 9.58. The Kier molecular flexibility index (Phi) is 5.73. The van der Waals surface area contributed by atoms with Crippen molar-refractivity contribution in [1.29, 1.82) is 0 Å². The predicted molar refractivity (Wildman–Crippen MR) is 83.3 cm³/mol. The quantitative estimate of drug-likeness (QED) is 0.792. The van der Waals surface area contributed by atoms with E-state index in [1.54, 1.807) is 36.4 Å². The lowest BCUT2D eigenvalue weighted by Crippen LogP contribution is -2.14. The molecule has 2 aromatic carbocycles. The van der Waals surface area contributed by atoms with Crippen LogP contribution in [0.3, 0.4) is 0 Å². The van der Waals surface area contributed by atoms with Gasteiger partial charge in [0.15, 0.2) is 0 Å². The lowest BCUT2D eigenvalue weighted by molar-refractivity contribution is 0.200. The molecule has 1 atom stereocenters. The highest BCUT2D eigenvalue weighted by Gasteiger charge is 2.13. The average molecular weight is 331 g/mol. The number of hydrogen-bond donors (Lipinski definition) is 1. The van der Waals surface area contributed by atoms with Crippen molar-refractivity contribution in [3.05, 3.63) is 63.9 Å². The Morgan fingerprint density at radius 2 is 1.70 bits per heavy atom. The van der Waals surface area contributed by atoms with Gasteiger partial charge in [-0.15, -0.1) is 11.8 Å². The summed E-state index contributed by atoms with van der Waals surface area (Å²) in [7, 11) is 0. The molecule has 0 fully saturated rings. The average Bonchev–Trinajstić information content (AvgIpc) is 2.42. The molecule has 2 rings (SSSR count). The van der Waals surface area contributed by atoms with Crippen LogP contribution in [0.15, 0.2) is 47.4 Å². The standard InChI is InChI=1S/C15H13Cl2FOS/c16-12-4-3-5-13(17)11(12)8-10(19)9-20-15-7-2-1-6-14(15)18/h1-7,10,19H,8-9H2. The topological polar surface area (TPSA) is 20.2 Å². The molecule has 0 aliphatic carbocycles. The molecule has 0 saturated carbocycles. The third-order valence-corrected chi connectivity index (χ3v) is 4.67. The fourth-order valence-electron chi connectivity index (χ4n) is 1.77. The number of rotatable bonds is 5. The largest absolute Gasteiger partial charge is 0.392 e. The summed E-state index contributed by atoms with van der Waals surface area (Å²) in [6, 6.07) is 11.7. The van der Waals surface area contributed by atoms with E-state index in [1.807, 2.05) is 0 Å². The van der Waals surface area contributed by atoms with Gasteiger partial charge in [-0.1, -0.05) is 41.4 Å². The number of aliphatic hydroxyl groups excluding tert-OH is 1. The minimum atomic E-state index is -0.642. The van der Waals surface area contributed by atoms with Crippen LogP contribution in [0.2, 0.25) is 10.0 Å². The van der Waals surface area contributed by atoms with E-state index in [9.17, 15) is 9.50 Å². The molecule has 20 heavy (non-hydrogen) atoms. The van der Waals surface area contributed by atoms with E-state index in [1.165, 1.54) is 17.8 Å². The third kappa shape index (κ3) is 4.13. The van der Waals surface area contributed by atoms with Gasteiger partial charge in [-0.25, -0.2) is 4.39 Å². The lowest BCUT2D eigenvalue weighted by Gasteiger charge is -2.13. The molecular weight excluding hydrogens is 318 g/mol. The zero-order valence-electron chi connectivity index (χ0n) is 10.5. The second kappa shape index (κ2) is 7.32. The molecule has 1 unspecified atom stereocenters. The molecule has 1 N–H and O–H groups in total. The van der Waals surface area contributed by atoms with Crippen molar-refractivity contribution in [1.82, 2.24) is 0 Å². The molecule has 0 aliphatic rings. The summed E-state index contributed by atoms with van der Waals surface area (Å²) in [6.07, 6.45) is -0.294. The third-order valence-electron chi connectivity index (χ3n) is 2.77. The van der Waals surface area contributed by atoms with Crippen LogP contribution in [0.5, 0.6) is 0 Å². The summed E-state index contributed by atoms with van der Waals surface area (Å²) >= 11 is 13.4. The first-order valence-corrected chi connectivity index (χ1v) is 7.80. The molecule has 0 amide bonds. The van der Waals surface area contributed by atoms with Gasteiger partial charge in [0.25, 0.3) is 0 Å². The van der Waals surface area contributed by atoms with Crippen LogP contribution in [0.1, 0.15) is 5.56 Å². The van der Waals surface area contributed by atoms with E-state index in [4.69, 9.17) is 23.2 Å². The van der Waals surface area contributed by atoms with Crippen molar-refractivity contribution in [3.63, 3.8) is 0 Å². The van der Waals surface area contributed by atoms with Gasteiger partial charge in [0.2, 0.25) is 0 Å². The highest BCUT2D eigenvalue weighted by molar-refractivity contribution is 7.99. The zero-order chi connectivity index (χ0) is 14.5. The summed E-state index contributed by atoms with van der Waals surface area (Å²) in [5.74, 6) is 0.100. The van der Waals surface area contributed by atoms with E-state index in [-0.39, 0.29) is 5.82 Å². The van der Waals surface area contributed by atoms with Crippen molar-refractivity contribution in [2.24, 2.45) is 0 Å². The fourth-order valence-corrected chi connectivity index (χ4v) is 3.19. The van der Waals surface area contributed by atoms with Gasteiger partial charge < -0.3 is 5.11 Å². The summed E-state index contributed by atoms with van der Waals surface area (Å²) in [5, 5.41) is 11.1. The maximum absolute atomic E-state index is 13.5. The Balaban J connectivity index is 1.96. The second-order valence-electron chi connectivity index (χ2n) is 4.30. The number of thioether (sulfide) groups is 1. The summed E-state index contributed by atoms with van der Waals surface area (Å²) in [5.41, 5.74) is 0.720. The van der Waals surface area contributed by atoms with Gasteiger partial charge in [0, 0.05) is 27.1 Å². The highest BCUT2D eigenvalue weighted by atomic mass is 35.5. The Labute approximate surface area is 131 Å². The highest BCUT2D eigenvalue weighted by Crippen LogP contribution is 2.27. The van der Waals surface area contributed by atoms with E-state index in [0.717, 1.165) is 5.56 Å². The molecule has 106 valence electrons. The molecular formula is C15H13Cl2FOS.